The highest BCUT2D eigenvalue weighted by Gasteiger charge is 2.16. The molecule has 3 aromatic rings. The van der Waals surface area contributed by atoms with Gasteiger partial charge in [-0.2, -0.15) is 0 Å². The van der Waals surface area contributed by atoms with Crippen LogP contribution in [0.15, 0.2) is 83.8 Å². The molecule has 1 heterocycles. The number of hydrogen-bond acceptors (Lipinski definition) is 3. The summed E-state index contributed by atoms with van der Waals surface area (Å²) in [6, 6.07) is 28.0. The summed E-state index contributed by atoms with van der Waals surface area (Å²) >= 11 is 7.41. The summed E-state index contributed by atoms with van der Waals surface area (Å²) in [6.07, 6.45) is 2.57. The highest BCUT2D eigenvalue weighted by Crippen LogP contribution is 2.25. The molecule has 0 unspecified atom stereocenters. The van der Waals surface area contributed by atoms with E-state index in [0.717, 1.165) is 30.4 Å². The van der Waals surface area contributed by atoms with E-state index in [1.807, 2.05) is 17.8 Å². The zero-order valence-corrected chi connectivity index (χ0v) is 21.1. The summed E-state index contributed by atoms with van der Waals surface area (Å²) in [5, 5.41) is 7.37. The summed E-state index contributed by atoms with van der Waals surface area (Å²) in [5.74, 6) is 1.80. The lowest BCUT2D eigenvalue weighted by Crippen LogP contribution is -2.33. The van der Waals surface area contributed by atoms with Gasteiger partial charge in [-0.3, -0.25) is 0 Å². The summed E-state index contributed by atoms with van der Waals surface area (Å²) in [6.45, 7) is 6.82. The van der Waals surface area contributed by atoms with Gasteiger partial charge >= 0.3 is 0 Å². The van der Waals surface area contributed by atoms with E-state index in [1.165, 1.54) is 34.6 Å². The van der Waals surface area contributed by atoms with Gasteiger partial charge in [-0.05, 0) is 85.4 Å². The van der Waals surface area contributed by atoms with E-state index in [0.29, 0.717) is 5.11 Å². The Kier molecular flexibility index (Phi) is 8.30. The molecule has 3 nitrogen and oxygen atoms in total. The number of anilines is 2. The van der Waals surface area contributed by atoms with Gasteiger partial charge in [0, 0.05) is 35.1 Å². The van der Waals surface area contributed by atoms with E-state index in [1.54, 1.807) is 0 Å². The molecule has 0 aromatic heterocycles. The molecule has 5 heteroatoms. The molecule has 3 aromatic carbocycles. The third-order valence-electron chi connectivity index (χ3n) is 6.25. The molecule has 1 aliphatic heterocycles. The Hall–Kier alpha value is -2.50. The van der Waals surface area contributed by atoms with Crippen molar-refractivity contribution in [3.05, 3.63) is 90.0 Å². The Labute approximate surface area is 208 Å². The Morgan fingerprint density at radius 1 is 0.970 bits per heavy atom. The van der Waals surface area contributed by atoms with Crippen molar-refractivity contribution in [2.24, 2.45) is 5.92 Å². The SMILES string of the molecule is CC1CCN(c2ccc([C@H](C)NC(=S)Nc3ccc(CSc4ccccc4)cc3)cc2)CC1. The number of thioether (sulfide) groups is 1. The molecule has 33 heavy (non-hydrogen) atoms. The second-order valence-electron chi connectivity index (χ2n) is 8.88. The number of nitrogens with one attached hydrogen (secondary N) is 2. The van der Waals surface area contributed by atoms with Gasteiger partial charge in [0.2, 0.25) is 0 Å². The minimum absolute atomic E-state index is 0.141. The van der Waals surface area contributed by atoms with Gasteiger partial charge in [0.15, 0.2) is 5.11 Å². The van der Waals surface area contributed by atoms with E-state index in [2.05, 4.69) is 102 Å². The van der Waals surface area contributed by atoms with E-state index in [4.69, 9.17) is 12.2 Å². The Bertz CT molecular complexity index is 1010. The van der Waals surface area contributed by atoms with Crippen LogP contribution in [0.2, 0.25) is 0 Å². The lowest BCUT2D eigenvalue weighted by Gasteiger charge is -2.32. The molecule has 1 aliphatic rings. The van der Waals surface area contributed by atoms with Crippen molar-refractivity contribution in [1.29, 1.82) is 0 Å². The monoisotopic (exact) mass is 475 g/mol. The van der Waals surface area contributed by atoms with Crippen molar-refractivity contribution >= 4 is 40.5 Å². The number of piperidine rings is 1. The van der Waals surface area contributed by atoms with E-state index >= 15 is 0 Å². The van der Waals surface area contributed by atoms with E-state index in [-0.39, 0.29) is 6.04 Å². The third-order valence-corrected chi connectivity index (χ3v) is 7.55. The number of benzene rings is 3. The normalized spacial score (nSPS) is 15.2. The van der Waals surface area contributed by atoms with Gasteiger partial charge in [-0.15, -0.1) is 11.8 Å². The van der Waals surface area contributed by atoms with Gasteiger partial charge in [-0.25, -0.2) is 0 Å². The molecule has 0 bridgehead atoms. The fourth-order valence-corrected chi connectivity index (χ4v) is 5.23. The van der Waals surface area contributed by atoms with Crippen LogP contribution in [-0.4, -0.2) is 18.2 Å². The lowest BCUT2D eigenvalue weighted by molar-refractivity contribution is 0.438. The Morgan fingerprint density at radius 3 is 2.30 bits per heavy atom. The van der Waals surface area contributed by atoms with E-state index in [9.17, 15) is 0 Å². The van der Waals surface area contributed by atoms with Crippen molar-refractivity contribution < 1.29 is 0 Å². The molecule has 172 valence electrons. The van der Waals surface area contributed by atoms with E-state index < -0.39 is 0 Å². The smallest absolute Gasteiger partial charge is 0.171 e. The first-order valence-electron chi connectivity index (χ1n) is 11.8. The molecular weight excluding hydrogens is 442 g/mol. The maximum absolute atomic E-state index is 5.56. The molecule has 1 saturated heterocycles. The summed E-state index contributed by atoms with van der Waals surface area (Å²) in [5.41, 5.74) is 4.86. The van der Waals surface area contributed by atoms with Gasteiger partial charge in [-0.1, -0.05) is 49.4 Å². The molecule has 0 aliphatic carbocycles. The third kappa shape index (κ3) is 6.99. The molecular formula is C28H33N3S2. The quantitative estimate of drug-likeness (QED) is 0.277. The number of thiocarbonyl (C=S) groups is 1. The van der Waals surface area contributed by atoms with Gasteiger partial charge < -0.3 is 15.5 Å². The van der Waals surface area contributed by atoms with Crippen LogP contribution in [0.5, 0.6) is 0 Å². The second kappa shape index (κ2) is 11.6. The number of nitrogens with zero attached hydrogens (tertiary/aromatic N) is 1. The molecule has 0 radical (unpaired) electrons. The minimum Gasteiger partial charge on any atom is -0.372 e. The fourth-order valence-electron chi connectivity index (χ4n) is 4.06. The Morgan fingerprint density at radius 2 is 1.64 bits per heavy atom. The van der Waals surface area contributed by atoms with Gasteiger partial charge in [0.25, 0.3) is 0 Å². The van der Waals surface area contributed by atoms with Crippen LogP contribution in [0.25, 0.3) is 0 Å². The van der Waals surface area contributed by atoms with Crippen LogP contribution in [0.3, 0.4) is 0 Å². The van der Waals surface area contributed by atoms with Crippen molar-refractivity contribution in [3.63, 3.8) is 0 Å². The molecule has 1 atom stereocenters. The molecule has 0 saturated carbocycles. The average molecular weight is 476 g/mol. The molecule has 1 fully saturated rings. The van der Waals surface area contributed by atoms with Crippen LogP contribution in [0.4, 0.5) is 11.4 Å². The van der Waals surface area contributed by atoms with Crippen LogP contribution < -0.4 is 15.5 Å². The van der Waals surface area contributed by atoms with Crippen LogP contribution in [0, 0.1) is 5.92 Å². The number of rotatable bonds is 7. The largest absolute Gasteiger partial charge is 0.372 e. The summed E-state index contributed by atoms with van der Waals surface area (Å²) in [7, 11) is 0. The second-order valence-corrected chi connectivity index (χ2v) is 10.3. The van der Waals surface area contributed by atoms with Crippen LogP contribution in [-0.2, 0) is 5.75 Å². The topological polar surface area (TPSA) is 27.3 Å². The van der Waals surface area contributed by atoms with Crippen LogP contribution >= 0.6 is 24.0 Å². The first-order valence-corrected chi connectivity index (χ1v) is 13.2. The average Bonchev–Trinajstić information content (AvgIpc) is 2.85. The van der Waals surface area contributed by atoms with Crippen LogP contribution in [0.1, 0.15) is 43.9 Å². The fraction of sp³-hybridized carbons (Fsp3) is 0.321. The van der Waals surface area contributed by atoms with Crippen molar-refractivity contribution in [3.8, 4) is 0 Å². The maximum atomic E-state index is 5.56. The zero-order chi connectivity index (χ0) is 23.0. The molecule has 4 rings (SSSR count). The Balaban J connectivity index is 1.25. The lowest BCUT2D eigenvalue weighted by atomic mass is 9.98. The standard InChI is InChI=1S/C28H33N3S2/c1-21-16-18-31(19-17-21)26-14-10-24(11-15-26)22(2)29-28(32)30-25-12-8-23(9-13-25)20-33-27-6-4-3-5-7-27/h3-15,21-22H,16-20H2,1-2H3,(H2,29,30,32)/t22-/m0/s1. The number of hydrogen-bond donors (Lipinski definition) is 2. The predicted octanol–water partition coefficient (Wildman–Crippen LogP) is 7.26. The van der Waals surface area contributed by atoms with Crippen molar-refractivity contribution in [1.82, 2.24) is 5.32 Å². The molecule has 2 N–H and O–H groups in total. The molecule has 0 spiro atoms. The highest BCUT2D eigenvalue weighted by molar-refractivity contribution is 7.98. The molecule has 0 amide bonds. The van der Waals surface area contributed by atoms with Crippen molar-refractivity contribution in [2.75, 3.05) is 23.3 Å². The van der Waals surface area contributed by atoms with Crippen molar-refractivity contribution in [2.45, 2.75) is 43.4 Å². The summed E-state index contributed by atoms with van der Waals surface area (Å²) < 4.78 is 0. The zero-order valence-electron chi connectivity index (χ0n) is 19.5. The van der Waals surface area contributed by atoms with Gasteiger partial charge in [0.05, 0.1) is 6.04 Å². The highest BCUT2D eigenvalue weighted by atomic mass is 32.2. The predicted molar refractivity (Wildman–Crippen MR) is 147 cm³/mol. The summed E-state index contributed by atoms with van der Waals surface area (Å²) in [4.78, 5) is 3.79. The maximum Gasteiger partial charge on any atom is 0.171 e. The van der Waals surface area contributed by atoms with Gasteiger partial charge in [0.1, 0.15) is 0 Å². The first kappa shape index (κ1) is 23.7. The first-order chi connectivity index (χ1) is 16.1. The minimum atomic E-state index is 0.141.